The van der Waals surface area contributed by atoms with Crippen molar-refractivity contribution in [3.63, 3.8) is 0 Å². The zero-order valence-electron chi connectivity index (χ0n) is 11.2. The van der Waals surface area contributed by atoms with Crippen molar-refractivity contribution < 1.29 is 14.6 Å². The molecule has 0 saturated heterocycles. The number of ether oxygens (including phenoxy) is 1. The van der Waals surface area contributed by atoms with Crippen molar-refractivity contribution >= 4 is 34.1 Å². The molecule has 0 unspecified atom stereocenters. The van der Waals surface area contributed by atoms with Gasteiger partial charge in [0.15, 0.2) is 0 Å². The second-order valence-electron chi connectivity index (χ2n) is 4.27. The summed E-state index contributed by atoms with van der Waals surface area (Å²) in [5, 5.41) is 8.63. The SMILES string of the molecule is O=C(O)CSC(=S)c1ccc(OCc2ccccc2)cc1. The zero-order valence-corrected chi connectivity index (χ0v) is 12.8. The molecule has 0 radical (unpaired) electrons. The molecular weight excluding hydrogens is 304 g/mol. The molecule has 2 aromatic carbocycles. The van der Waals surface area contributed by atoms with Crippen LogP contribution in [0.5, 0.6) is 5.75 Å². The summed E-state index contributed by atoms with van der Waals surface area (Å²) in [5.74, 6) is -0.135. The van der Waals surface area contributed by atoms with Gasteiger partial charge in [-0.3, -0.25) is 4.79 Å². The van der Waals surface area contributed by atoms with Crippen LogP contribution in [0, 0.1) is 0 Å². The fourth-order valence-corrected chi connectivity index (χ4v) is 2.51. The van der Waals surface area contributed by atoms with Gasteiger partial charge >= 0.3 is 5.97 Å². The van der Waals surface area contributed by atoms with Crippen LogP contribution in [0.2, 0.25) is 0 Å². The van der Waals surface area contributed by atoms with Crippen molar-refractivity contribution in [3.05, 3.63) is 65.7 Å². The number of thiocarbonyl (C=S) groups is 1. The number of hydrogen-bond donors (Lipinski definition) is 1. The Morgan fingerprint density at radius 2 is 1.76 bits per heavy atom. The highest BCUT2D eigenvalue weighted by molar-refractivity contribution is 8.24. The van der Waals surface area contributed by atoms with Crippen molar-refractivity contribution in [3.8, 4) is 5.75 Å². The van der Waals surface area contributed by atoms with Crippen LogP contribution in [0.1, 0.15) is 11.1 Å². The second kappa shape index (κ2) is 7.81. The number of benzene rings is 2. The molecule has 0 atom stereocenters. The number of carboxylic acid groups (broad SMARTS) is 1. The Bertz CT molecular complexity index is 609. The van der Waals surface area contributed by atoms with E-state index in [0.717, 1.165) is 28.6 Å². The van der Waals surface area contributed by atoms with Crippen molar-refractivity contribution in [1.29, 1.82) is 0 Å². The summed E-state index contributed by atoms with van der Waals surface area (Å²) in [7, 11) is 0. The van der Waals surface area contributed by atoms with Crippen molar-refractivity contribution in [2.24, 2.45) is 0 Å². The predicted molar refractivity (Wildman–Crippen MR) is 89.0 cm³/mol. The van der Waals surface area contributed by atoms with E-state index in [1.54, 1.807) is 0 Å². The van der Waals surface area contributed by atoms with Gasteiger partial charge in [-0.05, 0) is 35.4 Å². The fourth-order valence-electron chi connectivity index (χ4n) is 1.64. The van der Waals surface area contributed by atoms with E-state index < -0.39 is 5.97 Å². The normalized spacial score (nSPS) is 10.1. The summed E-state index contributed by atoms with van der Waals surface area (Å²) in [6, 6.07) is 17.3. The van der Waals surface area contributed by atoms with Crippen LogP contribution < -0.4 is 4.74 Å². The molecule has 0 saturated carbocycles. The van der Waals surface area contributed by atoms with E-state index in [-0.39, 0.29) is 5.75 Å². The molecule has 0 spiro atoms. The third-order valence-electron chi connectivity index (χ3n) is 2.67. The zero-order chi connectivity index (χ0) is 15.1. The summed E-state index contributed by atoms with van der Waals surface area (Å²) in [6.45, 7) is 0.512. The molecular formula is C16H14O3S2. The smallest absolute Gasteiger partial charge is 0.313 e. The van der Waals surface area contributed by atoms with Crippen LogP contribution in [-0.4, -0.2) is 21.0 Å². The Balaban J connectivity index is 1.89. The summed E-state index contributed by atoms with van der Waals surface area (Å²) >= 11 is 6.33. The minimum atomic E-state index is -0.870. The van der Waals surface area contributed by atoms with E-state index in [1.165, 1.54) is 0 Å². The lowest BCUT2D eigenvalue weighted by Crippen LogP contribution is -2.02. The fraction of sp³-hybridized carbons (Fsp3) is 0.125. The molecule has 108 valence electrons. The molecule has 21 heavy (non-hydrogen) atoms. The van der Waals surface area contributed by atoms with Crippen molar-refractivity contribution in [2.75, 3.05) is 5.75 Å². The lowest BCUT2D eigenvalue weighted by Gasteiger charge is -2.07. The Kier molecular flexibility index (Phi) is 5.78. The highest BCUT2D eigenvalue weighted by Crippen LogP contribution is 2.19. The predicted octanol–water partition coefficient (Wildman–Crippen LogP) is 3.76. The Morgan fingerprint density at radius 3 is 2.38 bits per heavy atom. The molecule has 0 aliphatic carbocycles. The minimum Gasteiger partial charge on any atom is -0.489 e. The molecule has 0 amide bonds. The molecule has 0 heterocycles. The lowest BCUT2D eigenvalue weighted by molar-refractivity contribution is -0.133. The molecule has 0 aliphatic rings. The van der Waals surface area contributed by atoms with Gasteiger partial charge in [-0.1, -0.05) is 42.5 Å². The third kappa shape index (κ3) is 5.21. The Hall–Kier alpha value is -1.85. The number of rotatable bonds is 6. The average Bonchev–Trinajstić information content (AvgIpc) is 2.52. The molecule has 2 aromatic rings. The monoisotopic (exact) mass is 318 g/mol. The maximum atomic E-state index is 10.5. The van der Waals surface area contributed by atoms with Gasteiger partial charge in [0.05, 0.1) is 9.95 Å². The van der Waals surface area contributed by atoms with Crippen LogP contribution in [0.3, 0.4) is 0 Å². The summed E-state index contributed by atoms with van der Waals surface area (Å²) < 4.78 is 6.26. The van der Waals surface area contributed by atoms with E-state index in [0.29, 0.717) is 10.8 Å². The molecule has 0 aromatic heterocycles. The summed E-state index contributed by atoms with van der Waals surface area (Å²) in [6.07, 6.45) is 0. The molecule has 2 rings (SSSR count). The molecule has 3 nitrogen and oxygen atoms in total. The van der Waals surface area contributed by atoms with Gasteiger partial charge in [0.25, 0.3) is 0 Å². The van der Waals surface area contributed by atoms with Gasteiger partial charge in [-0.15, -0.1) is 11.8 Å². The average molecular weight is 318 g/mol. The van der Waals surface area contributed by atoms with Crippen LogP contribution in [0.25, 0.3) is 0 Å². The topological polar surface area (TPSA) is 46.5 Å². The second-order valence-corrected chi connectivity index (χ2v) is 5.92. The lowest BCUT2D eigenvalue weighted by atomic mass is 10.2. The number of carboxylic acids is 1. The van der Waals surface area contributed by atoms with Crippen LogP contribution in [-0.2, 0) is 11.4 Å². The first-order valence-corrected chi connectivity index (χ1v) is 7.70. The maximum absolute atomic E-state index is 10.5. The quantitative estimate of drug-likeness (QED) is 0.822. The first-order valence-electron chi connectivity index (χ1n) is 6.31. The number of aliphatic carboxylic acids is 1. The molecule has 0 aliphatic heterocycles. The minimum absolute atomic E-state index is 0.0227. The van der Waals surface area contributed by atoms with E-state index in [9.17, 15) is 4.79 Å². The van der Waals surface area contributed by atoms with E-state index in [4.69, 9.17) is 22.1 Å². The van der Waals surface area contributed by atoms with Gasteiger partial charge in [0.1, 0.15) is 12.4 Å². The Morgan fingerprint density at radius 1 is 1.10 bits per heavy atom. The largest absolute Gasteiger partial charge is 0.489 e. The van der Waals surface area contributed by atoms with Crippen LogP contribution >= 0.6 is 24.0 Å². The van der Waals surface area contributed by atoms with Gasteiger partial charge in [0.2, 0.25) is 0 Å². The number of thioether (sulfide) groups is 1. The van der Waals surface area contributed by atoms with Crippen LogP contribution in [0.15, 0.2) is 54.6 Å². The van der Waals surface area contributed by atoms with Gasteiger partial charge < -0.3 is 9.84 Å². The van der Waals surface area contributed by atoms with Crippen molar-refractivity contribution in [2.45, 2.75) is 6.61 Å². The standard InChI is InChI=1S/C16H14O3S2/c17-15(18)11-21-16(20)13-6-8-14(9-7-13)19-10-12-4-2-1-3-5-12/h1-9H,10-11H2,(H,17,18). The highest BCUT2D eigenvalue weighted by atomic mass is 32.2. The highest BCUT2D eigenvalue weighted by Gasteiger charge is 2.05. The van der Waals surface area contributed by atoms with Gasteiger partial charge in [-0.2, -0.15) is 0 Å². The molecule has 0 fully saturated rings. The molecule has 5 heteroatoms. The van der Waals surface area contributed by atoms with Crippen LogP contribution in [0.4, 0.5) is 0 Å². The maximum Gasteiger partial charge on any atom is 0.313 e. The third-order valence-corrected chi connectivity index (χ3v) is 4.14. The number of carbonyl (C=O) groups is 1. The first-order chi connectivity index (χ1) is 10.1. The molecule has 0 bridgehead atoms. The summed E-state index contributed by atoms with van der Waals surface area (Å²) in [5.41, 5.74) is 1.94. The van der Waals surface area contributed by atoms with Gasteiger partial charge in [0, 0.05) is 0 Å². The molecule has 1 N–H and O–H groups in total. The first kappa shape index (κ1) is 15.5. The van der Waals surface area contributed by atoms with E-state index >= 15 is 0 Å². The summed E-state index contributed by atoms with van der Waals surface area (Å²) in [4.78, 5) is 10.5. The van der Waals surface area contributed by atoms with E-state index in [2.05, 4.69) is 0 Å². The Labute approximate surface area is 132 Å². The van der Waals surface area contributed by atoms with Crippen molar-refractivity contribution in [1.82, 2.24) is 0 Å². The number of hydrogen-bond acceptors (Lipinski definition) is 4. The van der Waals surface area contributed by atoms with Gasteiger partial charge in [-0.25, -0.2) is 0 Å². The van der Waals surface area contributed by atoms with E-state index in [1.807, 2.05) is 54.6 Å².